The molecule has 0 aliphatic rings. The van der Waals surface area contributed by atoms with Gasteiger partial charge in [0.15, 0.2) is 5.13 Å². The number of anilines is 1. The van der Waals surface area contributed by atoms with Crippen LogP contribution in [0.25, 0.3) is 11.3 Å². The fourth-order valence-electron chi connectivity index (χ4n) is 2.88. The number of aromatic nitrogens is 1. The van der Waals surface area contributed by atoms with Crippen LogP contribution in [0.15, 0.2) is 60.0 Å². The second-order valence-electron chi connectivity index (χ2n) is 6.19. The number of thiazole rings is 1. The molecule has 0 saturated carbocycles. The van der Waals surface area contributed by atoms with E-state index in [1.165, 1.54) is 16.9 Å². The van der Waals surface area contributed by atoms with Gasteiger partial charge in [0.1, 0.15) is 0 Å². The van der Waals surface area contributed by atoms with Crippen molar-refractivity contribution >= 4 is 34.0 Å². The molecule has 0 saturated heterocycles. The topological polar surface area (TPSA) is 33.2 Å². The molecule has 1 amide bonds. The second kappa shape index (κ2) is 8.47. The molecular weight excluding hydrogens is 364 g/mol. The summed E-state index contributed by atoms with van der Waals surface area (Å²) in [6.07, 6.45) is 1.53. The first-order valence-corrected chi connectivity index (χ1v) is 9.87. The average Bonchev–Trinajstić information content (AvgIpc) is 3.16. The lowest BCUT2D eigenvalue weighted by Crippen LogP contribution is -2.33. The zero-order valence-electron chi connectivity index (χ0n) is 14.9. The molecule has 1 atom stereocenters. The predicted molar refractivity (Wildman–Crippen MR) is 110 cm³/mol. The number of hydrogen-bond donors (Lipinski definition) is 0. The molecule has 134 valence electrons. The summed E-state index contributed by atoms with van der Waals surface area (Å²) in [5, 5.41) is 3.30. The number of nitrogens with zero attached hydrogens (tertiary/aromatic N) is 2. The van der Waals surface area contributed by atoms with Gasteiger partial charge in [-0.05, 0) is 24.5 Å². The van der Waals surface area contributed by atoms with Crippen molar-refractivity contribution in [2.45, 2.75) is 19.8 Å². The quantitative estimate of drug-likeness (QED) is 0.546. The van der Waals surface area contributed by atoms with Gasteiger partial charge in [0, 0.05) is 28.9 Å². The van der Waals surface area contributed by atoms with Crippen LogP contribution in [0.1, 0.15) is 18.9 Å². The molecule has 3 nitrogen and oxygen atoms in total. The summed E-state index contributed by atoms with van der Waals surface area (Å²) >= 11 is 7.72. The summed E-state index contributed by atoms with van der Waals surface area (Å²) in [6.45, 7) is 2.05. The minimum Gasteiger partial charge on any atom is -0.291 e. The van der Waals surface area contributed by atoms with E-state index in [4.69, 9.17) is 11.6 Å². The van der Waals surface area contributed by atoms with Crippen molar-refractivity contribution < 1.29 is 4.79 Å². The van der Waals surface area contributed by atoms with Gasteiger partial charge in [-0.1, -0.05) is 67.1 Å². The van der Waals surface area contributed by atoms with Crippen LogP contribution >= 0.6 is 22.9 Å². The molecule has 0 bridgehead atoms. The van der Waals surface area contributed by atoms with Crippen LogP contribution in [0, 0.1) is 5.92 Å². The molecule has 1 aromatic heterocycles. The largest absolute Gasteiger partial charge is 0.291 e. The lowest BCUT2D eigenvalue weighted by molar-refractivity contribution is -0.122. The first-order chi connectivity index (χ1) is 12.6. The molecule has 3 aromatic rings. The fraction of sp³-hybridized carbons (Fsp3) is 0.238. The van der Waals surface area contributed by atoms with Crippen molar-refractivity contribution in [1.82, 2.24) is 4.98 Å². The smallest absolute Gasteiger partial charge is 0.231 e. The average molecular weight is 385 g/mol. The van der Waals surface area contributed by atoms with E-state index in [2.05, 4.69) is 24.0 Å². The lowest BCUT2D eigenvalue weighted by atomic mass is 9.96. The number of benzene rings is 2. The summed E-state index contributed by atoms with van der Waals surface area (Å²) < 4.78 is 0. The highest BCUT2D eigenvalue weighted by molar-refractivity contribution is 7.14. The third kappa shape index (κ3) is 4.14. The summed E-state index contributed by atoms with van der Waals surface area (Å²) in [4.78, 5) is 19.3. The van der Waals surface area contributed by atoms with Crippen molar-refractivity contribution in [3.8, 4) is 11.3 Å². The van der Waals surface area contributed by atoms with Gasteiger partial charge in [-0.2, -0.15) is 0 Å². The number of hydrogen-bond acceptors (Lipinski definition) is 3. The standard InChI is InChI=1S/C21H21ClN2OS/c1-3-16(13-15-9-5-4-6-10-15)20(25)24(2)21-23-19(14-26-21)17-11-7-8-12-18(17)22/h4-12,14,16H,3,13H2,1-2H3/t16-/m1/s1. The van der Waals surface area contributed by atoms with E-state index in [-0.39, 0.29) is 11.8 Å². The minimum atomic E-state index is -0.0601. The highest BCUT2D eigenvalue weighted by atomic mass is 35.5. The highest BCUT2D eigenvalue weighted by Gasteiger charge is 2.24. The lowest BCUT2D eigenvalue weighted by Gasteiger charge is -2.21. The monoisotopic (exact) mass is 384 g/mol. The first-order valence-electron chi connectivity index (χ1n) is 8.62. The normalized spacial score (nSPS) is 12.0. The Balaban J connectivity index is 1.77. The van der Waals surface area contributed by atoms with Crippen molar-refractivity contribution in [3.05, 3.63) is 70.6 Å². The molecule has 0 fully saturated rings. The molecule has 26 heavy (non-hydrogen) atoms. The number of halogens is 1. The molecule has 3 rings (SSSR count). The number of carbonyl (C=O) groups is 1. The van der Waals surface area contributed by atoms with E-state index in [0.717, 1.165) is 24.1 Å². The molecule has 2 aromatic carbocycles. The van der Waals surface area contributed by atoms with Crippen LogP contribution in [-0.4, -0.2) is 17.9 Å². The molecule has 0 aliphatic heterocycles. The molecule has 0 unspecified atom stereocenters. The summed E-state index contributed by atoms with van der Waals surface area (Å²) in [5.41, 5.74) is 2.86. The second-order valence-corrected chi connectivity index (χ2v) is 7.43. The van der Waals surface area contributed by atoms with Crippen LogP contribution < -0.4 is 4.90 Å². The highest BCUT2D eigenvalue weighted by Crippen LogP contribution is 2.32. The Bertz CT molecular complexity index is 878. The molecule has 0 aliphatic carbocycles. The van der Waals surface area contributed by atoms with Crippen LogP contribution in [0.2, 0.25) is 5.02 Å². The van der Waals surface area contributed by atoms with Crippen molar-refractivity contribution in [3.63, 3.8) is 0 Å². The Kier molecular flexibility index (Phi) is 6.07. The van der Waals surface area contributed by atoms with Crippen molar-refractivity contribution in [2.24, 2.45) is 5.92 Å². The van der Waals surface area contributed by atoms with E-state index >= 15 is 0 Å². The zero-order valence-corrected chi connectivity index (χ0v) is 16.4. The maximum Gasteiger partial charge on any atom is 0.231 e. The van der Waals surface area contributed by atoms with Gasteiger partial charge in [0.25, 0.3) is 0 Å². The third-order valence-electron chi connectivity index (χ3n) is 4.43. The molecule has 0 N–H and O–H groups in total. The SMILES string of the molecule is CC[C@H](Cc1ccccc1)C(=O)N(C)c1nc(-c2ccccc2Cl)cs1. The number of carbonyl (C=O) groups excluding carboxylic acids is 1. The van der Waals surface area contributed by atoms with E-state index in [1.54, 1.807) is 11.9 Å². The van der Waals surface area contributed by atoms with Gasteiger partial charge in [-0.25, -0.2) is 4.98 Å². The van der Waals surface area contributed by atoms with Gasteiger partial charge >= 0.3 is 0 Å². The van der Waals surface area contributed by atoms with Crippen molar-refractivity contribution in [1.29, 1.82) is 0 Å². The summed E-state index contributed by atoms with van der Waals surface area (Å²) in [6, 6.07) is 17.7. The molecule has 0 spiro atoms. The van der Waals surface area contributed by atoms with Crippen LogP contribution in [0.5, 0.6) is 0 Å². The van der Waals surface area contributed by atoms with E-state index < -0.39 is 0 Å². The van der Waals surface area contributed by atoms with Crippen LogP contribution in [-0.2, 0) is 11.2 Å². The van der Waals surface area contributed by atoms with Crippen LogP contribution in [0.3, 0.4) is 0 Å². The Morgan fingerprint density at radius 3 is 2.54 bits per heavy atom. The van der Waals surface area contributed by atoms with E-state index in [9.17, 15) is 4.79 Å². The third-order valence-corrected chi connectivity index (χ3v) is 5.67. The molecule has 5 heteroatoms. The number of amides is 1. The van der Waals surface area contributed by atoms with E-state index in [1.807, 2.05) is 47.8 Å². The van der Waals surface area contributed by atoms with Crippen LogP contribution in [0.4, 0.5) is 5.13 Å². The predicted octanol–water partition coefficient (Wildman–Crippen LogP) is 5.70. The molecule has 0 radical (unpaired) electrons. The first kappa shape index (κ1) is 18.6. The van der Waals surface area contributed by atoms with Gasteiger partial charge in [0.05, 0.1) is 5.69 Å². The Hall–Kier alpha value is -2.17. The minimum absolute atomic E-state index is 0.0601. The van der Waals surface area contributed by atoms with Gasteiger partial charge in [-0.15, -0.1) is 11.3 Å². The summed E-state index contributed by atoms with van der Waals surface area (Å²) in [5.74, 6) is 0.0338. The Morgan fingerprint density at radius 1 is 1.15 bits per heavy atom. The maximum atomic E-state index is 13.0. The Labute approximate surface area is 163 Å². The Morgan fingerprint density at radius 2 is 1.85 bits per heavy atom. The van der Waals surface area contributed by atoms with E-state index in [0.29, 0.717) is 10.2 Å². The molecule has 1 heterocycles. The fourth-order valence-corrected chi connectivity index (χ4v) is 3.91. The maximum absolute atomic E-state index is 13.0. The van der Waals surface area contributed by atoms with Gasteiger partial charge in [-0.3, -0.25) is 9.69 Å². The van der Waals surface area contributed by atoms with Crippen molar-refractivity contribution in [2.75, 3.05) is 11.9 Å². The van der Waals surface area contributed by atoms with Gasteiger partial charge < -0.3 is 0 Å². The number of rotatable bonds is 6. The summed E-state index contributed by atoms with van der Waals surface area (Å²) in [7, 11) is 1.80. The van der Waals surface area contributed by atoms with Gasteiger partial charge in [0.2, 0.25) is 5.91 Å². The molecular formula is C21H21ClN2OS. The zero-order chi connectivity index (χ0) is 18.5.